The van der Waals surface area contributed by atoms with Crippen molar-refractivity contribution in [3.63, 3.8) is 0 Å². The van der Waals surface area contributed by atoms with Crippen molar-refractivity contribution in [2.45, 2.75) is 0 Å². The number of hydrogen-bond acceptors (Lipinski definition) is 3. The van der Waals surface area contributed by atoms with Crippen LogP contribution in [0, 0.1) is 11.8 Å². The Morgan fingerprint density at radius 3 is 2.59 bits per heavy atom. The average Bonchev–Trinajstić information content (AvgIpc) is 2.41. The fourth-order valence-corrected chi connectivity index (χ4v) is 1.91. The summed E-state index contributed by atoms with van der Waals surface area (Å²) in [6.07, 6.45) is 0. The van der Waals surface area contributed by atoms with Crippen molar-refractivity contribution < 1.29 is 0 Å². The van der Waals surface area contributed by atoms with Crippen LogP contribution < -0.4 is 15.5 Å². The van der Waals surface area contributed by atoms with Gasteiger partial charge in [0.05, 0.1) is 6.54 Å². The molecule has 3 heteroatoms. The van der Waals surface area contributed by atoms with E-state index in [0.29, 0.717) is 0 Å². The third-order valence-electron chi connectivity index (χ3n) is 2.85. The topological polar surface area (TPSA) is 27.3 Å². The van der Waals surface area contributed by atoms with Gasteiger partial charge < -0.3 is 15.5 Å². The first-order valence-corrected chi connectivity index (χ1v) is 6.09. The SMILES string of the molecule is CNCC#Cc1ccc(N2CCNCC2)cc1. The molecule has 0 aromatic heterocycles. The lowest BCUT2D eigenvalue weighted by atomic mass is 10.2. The van der Waals surface area contributed by atoms with E-state index < -0.39 is 0 Å². The zero-order valence-electron chi connectivity index (χ0n) is 10.3. The van der Waals surface area contributed by atoms with Crippen molar-refractivity contribution in [3.8, 4) is 11.8 Å². The lowest BCUT2D eigenvalue weighted by molar-refractivity contribution is 0.589. The summed E-state index contributed by atoms with van der Waals surface area (Å²) in [5.74, 6) is 6.20. The summed E-state index contributed by atoms with van der Waals surface area (Å²) in [5, 5.41) is 6.37. The predicted octanol–water partition coefficient (Wildman–Crippen LogP) is 0.667. The van der Waals surface area contributed by atoms with Gasteiger partial charge in [-0.1, -0.05) is 11.8 Å². The molecular formula is C14H19N3. The van der Waals surface area contributed by atoms with Crippen LogP contribution in [0.1, 0.15) is 5.56 Å². The maximum absolute atomic E-state index is 3.36. The normalized spacial score (nSPS) is 15.2. The number of rotatable bonds is 2. The van der Waals surface area contributed by atoms with Gasteiger partial charge in [0, 0.05) is 37.4 Å². The molecule has 0 unspecified atom stereocenters. The van der Waals surface area contributed by atoms with Gasteiger partial charge in [0.2, 0.25) is 0 Å². The molecule has 1 aliphatic rings. The van der Waals surface area contributed by atoms with Gasteiger partial charge in [-0.2, -0.15) is 0 Å². The molecule has 2 rings (SSSR count). The summed E-state index contributed by atoms with van der Waals surface area (Å²) in [6.45, 7) is 5.06. The number of hydrogen-bond donors (Lipinski definition) is 2. The van der Waals surface area contributed by atoms with E-state index in [2.05, 4.69) is 51.6 Å². The summed E-state index contributed by atoms with van der Waals surface area (Å²) in [7, 11) is 1.90. The van der Waals surface area contributed by atoms with Crippen molar-refractivity contribution in [2.75, 3.05) is 44.7 Å². The third-order valence-corrected chi connectivity index (χ3v) is 2.85. The summed E-state index contributed by atoms with van der Waals surface area (Å²) in [4.78, 5) is 2.40. The first kappa shape index (κ1) is 12.0. The molecule has 0 amide bonds. The van der Waals surface area contributed by atoms with Crippen LogP contribution in [0.3, 0.4) is 0 Å². The molecule has 0 bridgehead atoms. The van der Waals surface area contributed by atoms with E-state index in [1.165, 1.54) is 5.69 Å². The fourth-order valence-electron chi connectivity index (χ4n) is 1.91. The molecule has 1 heterocycles. The summed E-state index contributed by atoms with van der Waals surface area (Å²) >= 11 is 0. The van der Waals surface area contributed by atoms with Gasteiger partial charge in [-0.05, 0) is 31.3 Å². The molecule has 0 atom stereocenters. The molecule has 0 aliphatic carbocycles. The molecule has 90 valence electrons. The molecule has 0 saturated carbocycles. The van der Waals surface area contributed by atoms with E-state index in [0.717, 1.165) is 38.3 Å². The second-order valence-corrected chi connectivity index (χ2v) is 4.12. The van der Waals surface area contributed by atoms with Crippen LogP contribution in [0.25, 0.3) is 0 Å². The highest BCUT2D eigenvalue weighted by atomic mass is 15.2. The highest BCUT2D eigenvalue weighted by Crippen LogP contribution is 2.15. The largest absolute Gasteiger partial charge is 0.369 e. The van der Waals surface area contributed by atoms with E-state index in [1.807, 2.05) is 7.05 Å². The van der Waals surface area contributed by atoms with E-state index in [9.17, 15) is 0 Å². The molecule has 3 nitrogen and oxygen atoms in total. The van der Waals surface area contributed by atoms with E-state index >= 15 is 0 Å². The van der Waals surface area contributed by atoms with Gasteiger partial charge in [0.1, 0.15) is 0 Å². The molecule has 0 spiro atoms. The number of benzene rings is 1. The molecule has 2 N–H and O–H groups in total. The van der Waals surface area contributed by atoms with Crippen LogP contribution >= 0.6 is 0 Å². The summed E-state index contributed by atoms with van der Waals surface area (Å²) in [5.41, 5.74) is 2.38. The van der Waals surface area contributed by atoms with Crippen molar-refractivity contribution >= 4 is 5.69 Å². The Hall–Kier alpha value is -1.50. The quantitative estimate of drug-likeness (QED) is 0.730. The third kappa shape index (κ3) is 3.48. The van der Waals surface area contributed by atoms with Crippen molar-refractivity contribution in [3.05, 3.63) is 29.8 Å². The average molecular weight is 229 g/mol. The van der Waals surface area contributed by atoms with Crippen LogP contribution in [0.4, 0.5) is 5.69 Å². The number of piperazine rings is 1. The number of anilines is 1. The summed E-state index contributed by atoms with van der Waals surface area (Å²) < 4.78 is 0. The Morgan fingerprint density at radius 1 is 1.24 bits per heavy atom. The highest BCUT2D eigenvalue weighted by molar-refractivity contribution is 5.50. The van der Waals surface area contributed by atoms with Crippen LogP contribution in [0.15, 0.2) is 24.3 Å². The molecular weight excluding hydrogens is 210 g/mol. The standard InChI is InChI=1S/C14H19N3/c1-15-8-2-3-13-4-6-14(7-5-13)17-11-9-16-10-12-17/h4-7,15-16H,8-12H2,1H3. The van der Waals surface area contributed by atoms with Crippen LogP contribution in [0.2, 0.25) is 0 Å². The Morgan fingerprint density at radius 2 is 1.94 bits per heavy atom. The molecule has 1 aromatic carbocycles. The van der Waals surface area contributed by atoms with Gasteiger partial charge in [-0.25, -0.2) is 0 Å². The van der Waals surface area contributed by atoms with Gasteiger partial charge in [-0.15, -0.1) is 0 Å². The molecule has 1 saturated heterocycles. The monoisotopic (exact) mass is 229 g/mol. The van der Waals surface area contributed by atoms with E-state index in [4.69, 9.17) is 0 Å². The Bertz CT molecular complexity index is 394. The van der Waals surface area contributed by atoms with Crippen molar-refractivity contribution in [1.82, 2.24) is 10.6 Å². The van der Waals surface area contributed by atoms with Gasteiger partial charge in [0.25, 0.3) is 0 Å². The van der Waals surface area contributed by atoms with Crippen molar-refractivity contribution in [2.24, 2.45) is 0 Å². The molecule has 1 aliphatic heterocycles. The van der Waals surface area contributed by atoms with Gasteiger partial charge in [0.15, 0.2) is 0 Å². The number of nitrogens with one attached hydrogen (secondary N) is 2. The van der Waals surface area contributed by atoms with Crippen LogP contribution in [0.5, 0.6) is 0 Å². The fraction of sp³-hybridized carbons (Fsp3) is 0.429. The minimum atomic E-state index is 0.736. The number of nitrogens with zero attached hydrogens (tertiary/aromatic N) is 1. The minimum absolute atomic E-state index is 0.736. The maximum Gasteiger partial charge on any atom is 0.0577 e. The van der Waals surface area contributed by atoms with Crippen LogP contribution in [-0.4, -0.2) is 39.8 Å². The highest BCUT2D eigenvalue weighted by Gasteiger charge is 2.09. The van der Waals surface area contributed by atoms with E-state index in [1.54, 1.807) is 0 Å². The zero-order valence-corrected chi connectivity index (χ0v) is 10.3. The smallest absolute Gasteiger partial charge is 0.0577 e. The molecule has 17 heavy (non-hydrogen) atoms. The lowest BCUT2D eigenvalue weighted by Crippen LogP contribution is -2.43. The molecule has 1 fully saturated rings. The van der Waals surface area contributed by atoms with Crippen molar-refractivity contribution in [1.29, 1.82) is 0 Å². The Balaban J connectivity index is 2.00. The minimum Gasteiger partial charge on any atom is -0.369 e. The summed E-state index contributed by atoms with van der Waals surface area (Å²) in [6, 6.07) is 8.52. The van der Waals surface area contributed by atoms with Gasteiger partial charge in [-0.3, -0.25) is 0 Å². The molecule has 0 radical (unpaired) electrons. The molecule has 1 aromatic rings. The maximum atomic E-state index is 3.36. The van der Waals surface area contributed by atoms with Crippen LogP contribution in [-0.2, 0) is 0 Å². The first-order chi connectivity index (χ1) is 8.40. The Labute approximate surface area is 103 Å². The second kappa shape index (κ2) is 6.29. The lowest BCUT2D eigenvalue weighted by Gasteiger charge is -2.29. The zero-order chi connectivity index (χ0) is 11.9. The predicted molar refractivity (Wildman–Crippen MR) is 72.3 cm³/mol. The Kier molecular flexibility index (Phi) is 4.43. The second-order valence-electron chi connectivity index (χ2n) is 4.12. The van der Waals surface area contributed by atoms with E-state index in [-0.39, 0.29) is 0 Å². The van der Waals surface area contributed by atoms with Gasteiger partial charge >= 0.3 is 0 Å². The first-order valence-electron chi connectivity index (χ1n) is 6.09.